The van der Waals surface area contributed by atoms with Gasteiger partial charge in [0.15, 0.2) is 0 Å². The second-order valence-corrected chi connectivity index (χ2v) is 8.35. The molecule has 1 fully saturated rings. The van der Waals surface area contributed by atoms with Crippen LogP contribution in [0.1, 0.15) is 78.7 Å². The molecule has 4 nitrogen and oxygen atoms in total. The molecule has 1 saturated carbocycles. The molecule has 1 aromatic heterocycles. The van der Waals surface area contributed by atoms with Crippen LogP contribution in [0.5, 0.6) is 0 Å². The Balaban J connectivity index is 1.96. The van der Waals surface area contributed by atoms with Gasteiger partial charge in [-0.3, -0.25) is 4.79 Å². The molecule has 0 radical (unpaired) electrons. The highest BCUT2D eigenvalue weighted by Crippen LogP contribution is 2.36. The van der Waals surface area contributed by atoms with Crippen LogP contribution in [-0.2, 0) is 7.05 Å². The minimum Gasteiger partial charge on any atom is -0.329 e. The first-order valence-electron chi connectivity index (χ1n) is 10.2. The molecule has 1 unspecified atom stereocenters. The van der Waals surface area contributed by atoms with Crippen molar-refractivity contribution in [3.63, 3.8) is 0 Å². The first kappa shape index (κ1) is 22.1. The van der Waals surface area contributed by atoms with Gasteiger partial charge in [0, 0.05) is 13.1 Å². The third kappa shape index (κ3) is 4.02. The van der Waals surface area contributed by atoms with Gasteiger partial charge in [-0.15, -0.1) is 0 Å². The van der Waals surface area contributed by atoms with Crippen LogP contribution in [0.2, 0.25) is 0 Å². The fourth-order valence-corrected chi connectivity index (χ4v) is 3.81. The first-order chi connectivity index (χ1) is 14.0. The van der Waals surface area contributed by atoms with Crippen molar-refractivity contribution >= 4 is 11.5 Å². The second kappa shape index (κ2) is 8.28. The van der Waals surface area contributed by atoms with Gasteiger partial charge in [0.2, 0.25) is 5.95 Å². The van der Waals surface area contributed by atoms with Crippen LogP contribution in [-0.4, -0.2) is 32.7 Å². The summed E-state index contributed by atoms with van der Waals surface area (Å²) in [6.45, 7) is 12.2. The van der Waals surface area contributed by atoms with Gasteiger partial charge in [-0.25, -0.2) is 13.5 Å². The summed E-state index contributed by atoms with van der Waals surface area (Å²) in [5, 5.41) is 3.52. The number of hydrogen-bond donors (Lipinski definition) is 0. The quantitative estimate of drug-likeness (QED) is 0.583. The Kier molecular flexibility index (Phi) is 6.11. The van der Waals surface area contributed by atoms with Crippen molar-refractivity contribution in [2.75, 3.05) is 0 Å². The number of halogens is 3. The average molecular weight is 419 g/mol. The largest absolute Gasteiger partial charge is 0.329 e. The molecule has 1 heterocycles. The number of carbonyl (C=O) groups excluding carboxylic acids is 1. The normalized spacial score (nSPS) is 15.0. The van der Waals surface area contributed by atoms with E-state index in [4.69, 9.17) is 0 Å². The maximum atomic E-state index is 14.5. The lowest BCUT2D eigenvalue weighted by molar-refractivity contribution is 0.0698. The number of benzene rings is 1. The van der Waals surface area contributed by atoms with E-state index in [1.165, 1.54) is 17.5 Å². The summed E-state index contributed by atoms with van der Waals surface area (Å²) in [5.74, 6) is -1.42. The Bertz CT molecular complexity index is 976. The zero-order valence-corrected chi connectivity index (χ0v) is 18.0. The Morgan fingerprint density at radius 3 is 2.40 bits per heavy atom. The number of aromatic nitrogens is 2. The van der Waals surface area contributed by atoms with Gasteiger partial charge in [-0.05, 0) is 54.9 Å². The number of nitrogens with zero attached hydrogens (tertiary/aromatic N) is 3. The van der Waals surface area contributed by atoms with Crippen LogP contribution >= 0.6 is 0 Å². The fourth-order valence-electron chi connectivity index (χ4n) is 3.81. The summed E-state index contributed by atoms with van der Waals surface area (Å²) >= 11 is 0. The Hall–Kier alpha value is -2.57. The molecular weight excluding hydrogens is 391 g/mol. The molecule has 0 saturated heterocycles. The third-order valence-corrected chi connectivity index (χ3v) is 5.78. The molecule has 1 aliphatic carbocycles. The van der Waals surface area contributed by atoms with Gasteiger partial charge >= 0.3 is 0 Å². The van der Waals surface area contributed by atoms with Crippen molar-refractivity contribution in [3.05, 3.63) is 58.7 Å². The number of hydrogen-bond acceptors (Lipinski definition) is 2. The van der Waals surface area contributed by atoms with Gasteiger partial charge in [-0.1, -0.05) is 38.6 Å². The smallest absolute Gasteiger partial charge is 0.283 e. The standard InChI is InChI=1S/C23H28F3N3O/c1-12(2)16-7-10-18(13(3)11-16)14(4)15(5)29(17-8-9-17)23(30)19-20(21(24)25)27-28(6)22(19)26/h7,10-12,15,17,21H,4,8-9H2,1-3,5-6H3. The van der Waals surface area contributed by atoms with E-state index in [9.17, 15) is 18.0 Å². The number of rotatable bonds is 7. The molecule has 0 N–H and O–H groups in total. The highest BCUT2D eigenvalue weighted by Gasteiger charge is 2.41. The van der Waals surface area contributed by atoms with Crippen LogP contribution in [0.15, 0.2) is 24.8 Å². The molecule has 0 spiro atoms. The second-order valence-electron chi connectivity index (χ2n) is 8.35. The van der Waals surface area contributed by atoms with E-state index >= 15 is 0 Å². The number of amides is 1. The molecule has 3 rings (SSSR count). The lowest BCUT2D eigenvalue weighted by atomic mass is 9.91. The maximum absolute atomic E-state index is 14.5. The zero-order chi connectivity index (χ0) is 22.3. The number of aryl methyl sites for hydroxylation is 2. The van der Waals surface area contributed by atoms with E-state index in [-0.39, 0.29) is 6.04 Å². The summed E-state index contributed by atoms with van der Waals surface area (Å²) in [7, 11) is 1.21. The van der Waals surface area contributed by atoms with Crippen molar-refractivity contribution in [3.8, 4) is 0 Å². The predicted molar refractivity (Wildman–Crippen MR) is 111 cm³/mol. The van der Waals surface area contributed by atoms with Crippen molar-refractivity contribution in [2.24, 2.45) is 7.05 Å². The maximum Gasteiger partial charge on any atom is 0.283 e. The topological polar surface area (TPSA) is 38.1 Å². The van der Waals surface area contributed by atoms with Crippen LogP contribution in [0.4, 0.5) is 13.2 Å². The molecule has 1 aliphatic rings. The molecule has 162 valence electrons. The lowest BCUT2D eigenvalue weighted by Crippen LogP contribution is -2.41. The first-order valence-corrected chi connectivity index (χ1v) is 10.2. The molecular formula is C23H28F3N3O. The minimum atomic E-state index is -3.04. The Morgan fingerprint density at radius 2 is 1.90 bits per heavy atom. The lowest BCUT2D eigenvalue weighted by Gasteiger charge is -2.31. The van der Waals surface area contributed by atoms with Crippen molar-refractivity contribution in [1.29, 1.82) is 0 Å². The predicted octanol–water partition coefficient (Wildman–Crippen LogP) is 5.64. The molecule has 30 heavy (non-hydrogen) atoms. The zero-order valence-electron chi connectivity index (χ0n) is 18.0. The summed E-state index contributed by atoms with van der Waals surface area (Å²) in [6, 6.07) is 5.51. The van der Waals surface area contributed by atoms with Gasteiger partial charge < -0.3 is 4.90 Å². The van der Waals surface area contributed by atoms with Crippen LogP contribution in [0.25, 0.3) is 5.57 Å². The van der Waals surface area contributed by atoms with Gasteiger partial charge in [0.1, 0.15) is 11.3 Å². The SMILES string of the molecule is C=C(c1ccc(C(C)C)cc1C)C(C)N(C(=O)c1c(C(F)F)nn(C)c1F)C1CC1. The summed E-state index contributed by atoms with van der Waals surface area (Å²) in [4.78, 5) is 14.7. The molecule has 0 aliphatic heterocycles. The van der Waals surface area contributed by atoms with Crippen molar-refractivity contribution < 1.29 is 18.0 Å². The third-order valence-electron chi connectivity index (χ3n) is 5.78. The average Bonchev–Trinajstić information content (AvgIpc) is 3.46. The molecule has 1 amide bonds. The number of alkyl halides is 2. The monoisotopic (exact) mass is 419 g/mol. The van der Waals surface area contributed by atoms with E-state index < -0.39 is 35.6 Å². The van der Waals surface area contributed by atoms with E-state index in [2.05, 4.69) is 31.6 Å². The van der Waals surface area contributed by atoms with E-state index in [1.54, 1.807) is 0 Å². The molecule has 2 aromatic rings. The van der Waals surface area contributed by atoms with Crippen molar-refractivity contribution in [2.45, 2.75) is 65.0 Å². The molecule has 7 heteroatoms. The summed E-state index contributed by atoms with van der Waals surface area (Å²) < 4.78 is 42.1. The molecule has 1 aromatic carbocycles. The van der Waals surface area contributed by atoms with Crippen LogP contribution < -0.4 is 0 Å². The minimum absolute atomic E-state index is 0.121. The van der Waals surface area contributed by atoms with Crippen molar-refractivity contribution in [1.82, 2.24) is 14.7 Å². The van der Waals surface area contributed by atoms with Crippen LogP contribution in [0, 0.1) is 12.9 Å². The highest BCUT2D eigenvalue weighted by molar-refractivity contribution is 5.97. The number of carbonyl (C=O) groups is 1. The molecule has 0 bridgehead atoms. The summed E-state index contributed by atoms with van der Waals surface area (Å²) in [5.41, 5.74) is 2.37. The van der Waals surface area contributed by atoms with E-state index in [0.29, 0.717) is 16.2 Å². The van der Waals surface area contributed by atoms with Gasteiger partial charge in [-0.2, -0.15) is 9.49 Å². The van der Waals surface area contributed by atoms with Gasteiger partial charge in [0.25, 0.3) is 12.3 Å². The Morgan fingerprint density at radius 1 is 1.27 bits per heavy atom. The highest BCUT2D eigenvalue weighted by atomic mass is 19.3. The van der Waals surface area contributed by atoms with E-state index in [0.717, 1.165) is 24.0 Å². The van der Waals surface area contributed by atoms with Gasteiger partial charge in [0.05, 0.1) is 6.04 Å². The summed E-state index contributed by atoms with van der Waals surface area (Å²) in [6.07, 6.45) is -1.54. The Labute approximate surface area is 175 Å². The molecule has 1 atom stereocenters. The van der Waals surface area contributed by atoms with E-state index in [1.807, 2.05) is 26.0 Å². The van der Waals surface area contributed by atoms with Crippen LogP contribution in [0.3, 0.4) is 0 Å². The fraction of sp³-hybridized carbons (Fsp3) is 0.478.